The van der Waals surface area contributed by atoms with Crippen LogP contribution in [0.4, 0.5) is 11.4 Å². The number of benzene rings is 2. The molecule has 3 rings (SSSR count). The molecule has 1 aliphatic rings. The highest BCUT2D eigenvalue weighted by atomic mass is 16.5. The number of nitrogens with one attached hydrogen (secondary N) is 3. The third-order valence-electron chi connectivity index (χ3n) is 4.95. The molecule has 0 aliphatic carbocycles. The molecule has 1 heterocycles. The van der Waals surface area contributed by atoms with Gasteiger partial charge >= 0.3 is 0 Å². The lowest BCUT2D eigenvalue weighted by Crippen LogP contribution is -2.35. The maximum atomic E-state index is 12.7. The Kier molecular flexibility index (Phi) is 7.03. The van der Waals surface area contributed by atoms with Crippen molar-refractivity contribution in [2.75, 3.05) is 16.8 Å². The van der Waals surface area contributed by atoms with E-state index in [2.05, 4.69) is 5.32 Å². The summed E-state index contributed by atoms with van der Waals surface area (Å²) < 4.78 is 5.79. The van der Waals surface area contributed by atoms with Crippen molar-refractivity contribution in [3.05, 3.63) is 54.1 Å². The Morgan fingerprint density at radius 1 is 1.23 bits per heavy atom. The molecular weight excluding hydrogens is 384 g/mol. The van der Waals surface area contributed by atoms with Crippen molar-refractivity contribution in [3.63, 3.8) is 0 Å². The van der Waals surface area contributed by atoms with Crippen LogP contribution in [-0.2, 0) is 9.59 Å². The molecule has 1 atom stereocenters. The topological polar surface area (TPSA) is 115 Å². The van der Waals surface area contributed by atoms with E-state index >= 15 is 0 Å². The van der Waals surface area contributed by atoms with Gasteiger partial charge in [0.15, 0.2) is 6.10 Å². The molecule has 0 radical (unpaired) electrons. The predicted molar refractivity (Wildman–Crippen MR) is 114 cm³/mol. The van der Waals surface area contributed by atoms with Crippen molar-refractivity contribution in [2.45, 2.75) is 38.7 Å². The van der Waals surface area contributed by atoms with Crippen molar-refractivity contribution < 1.29 is 19.5 Å². The SMILES string of the molecule is CCC(Oc1cccc(C(=N)NO)c1)C(=O)Nc1ccc(N2CCCCC2=O)cc1. The Balaban J connectivity index is 1.64. The second-order valence-electron chi connectivity index (χ2n) is 7.07. The van der Waals surface area contributed by atoms with Gasteiger partial charge in [-0.3, -0.25) is 25.7 Å². The van der Waals surface area contributed by atoms with Crippen LogP contribution in [0.2, 0.25) is 0 Å². The summed E-state index contributed by atoms with van der Waals surface area (Å²) in [5.41, 5.74) is 3.68. The molecule has 30 heavy (non-hydrogen) atoms. The molecule has 8 heteroatoms. The van der Waals surface area contributed by atoms with Crippen LogP contribution in [0.15, 0.2) is 48.5 Å². The van der Waals surface area contributed by atoms with Crippen molar-refractivity contribution in [2.24, 2.45) is 0 Å². The van der Waals surface area contributed by atoms with Crippen molar-refractivity contribution >= 4 is 29.0 Å². The van der Waals surface area contributed by atoms with Gasteiger partial charge in [0, 0.05) is 29.9 Å². The normalized spacial score (nSPS) is 14.7. The molecule has 2 aromatic rings. The molecule has 1 saturated heterocycles. The number of nitrogens with zero attached hydrogens (tertiary/aromatic N) is 1. The van der Waals surface area contributed by atoms with E-state index in [4.69, 9.17) is 15.4 Å². The second-order valence-corrected chi connectivity index (χ2v) is 7.07. The number of amides is 2. The average molecular weight is 410 g/mol. The molecule has 1 aliphatic heterocycles. The van der Waals surface area contributed by atoms with E-state index in [9.17, 15) is 9.59 Å². The van der Waals surface area contributed by atoms with Crippen molar-refractivity contribution in [1.82, 2.24) is 5.48 Å². The van der Waals surface area contributed by atoms with Crippen LogP contribution in [0.1, 0.15) is 38.2 Å². The molecule has 1 fully saturated rings. The summed E-state index contributed by atoms with van der Waals surface area (Å²) in [4.78, 5) is 26.5. The van der Waals surface area contributed by atoms with Gasteiger partial charge in [-0.1, -0.05) is 19.1 Å². The van der Waals surface area contributed by atoms with Gasteiger partial charge in [-0.25, -0.2) is 0 Å². The van der Waals surface area contributed by atoms with Crippen LogP contribution in [0, 0.1) is 5.41 Å². The van der Waals surface area contributed by atoms with Crippen molar-refractivity contribution in [3.8, 4) is 5.75 Å². The molecule has 2 aromatic carbocycles. The summed E-state index contributed by atoms with van der Waals surface area (Å²) in [6.07, 6.45) is 2.23. The zero-order valence-electron chi connectivity index (χ0n) is 16.9. The number of rotatable bonds is 7. The Hall–Kier alpha value is -3.39. The van der Waals surface area contributed by atoms with Crippen LogP contribution in [0.5, 0.6) is 5.75 Å². The van der Waals surface area contributed by atoms with E-state index in [0.29, 0.717) is 29.8 Å². The Bertz CT molecular complexity index is 914. The first-order valence-corrected chi connectivity index (χ1v) is 9.99. The molecule has 0 bridgehead atoms. The number of hydroxylamine groups is 1. The summed E-state index contributed by atoms with van der Waals surface area (Å²) in [6, 6.07) is 13.8. The summed E-state index contributed by atoms with van der Waals surface area (Å²) >= 11 is 0. The van der Waals surface area contributed by atoms with Gasteiger partial charge in [0.1, 0.15) is 11.6 Å². The van der Waals surface area contributed by atoms with E-state index in [0.717, 1.165) is 25.1 Å². The van der Waals surface area contributed by atoms with E-state index in [1.165, 1.54) is 0 Å². The first kappa shape index (κ1) is 21.3. The number of hydrogen-bond donors (Lipinski definition) is 4. The van der Waals surface area contributed by atoms with E-state index in [-0.39, 0.29) is 17.6 Å². The highest BCUT2D eigenvalue weighted by Crippen LogP contribution is 2.23. The number of carbonyl (C=O) groups excluding carboxylic acids is 2. The number of amidine groups is 1. The van der Waals surface area contributed by atoms with Crippen LogP contribution in [-0.4, -0.2) is 35.5 Å². The molecule has 8 nitrogen and oxygen atoms in total. The molecule has 4 N–H and O–H groups in total. The quantitative estimate of drug-likeness (QED) is 0.318. The minimum absolute atomic E-state index is 0.129. The fourth-order valence-corrected chi connectivity index (χ4v) is 3.30. The number of ether oxygens (including phenoxy) is 1. The van der Waals surface area contributed by atoms with Crippen molar-refractivity contribution in [1.29, 1.82) is 5.41 Å². The summed E-state index contributed by atoms with van der Waals surface area (Å²) in [7, 11) is 0. The molecule has 0 spiro atoms. The van der Waals surface area contributed by atoms with Gasteiger partial charge in [0.05, 0.1) is 0 Å². The lowest BCUT2D eigenvalue weighted by Gasteiger charge is -2.27. The van der Waals surface area contributed by atoms with E-state index < -0.39 is 6.10 Å². The number of hydrogen-bond acceptors (Lipinski definition) is 5. The minimum Gasteiger partial charge on any atom is -0.481 e. The van der Waals surface area contributed by atoms with Gasteiger partial charge in [0.2, 0.25) is 5.91 Å². The van der Waals surface area contributed by atoms with Crippen LogP contribution < -0.4 is 20.4 Å². The summed E-state index contributed by atoms with van der Waals surface area (Å²) in [5, 5.41) is 19.3. The monoisotopic (exact) mass is 410 g/mol. The molecule has 0 saturated carbocycles. The number of piperidine rings is 1. The zero-order valence-corrected chi connectivity index (χ0v) is 16.9. The van der Waals surface area contributed by atoms with Gasteiger partial charge < -0.3 is 15.0 Å². The smallest absolute Gasteiger partial charge is 0.265 e. The lowest BCUT2D eigenvalue weighted by molar-refractivity contribution is -0.123. The Labute approximate surface area is 175 Å². The minimum atomic E-state index is -0.722. The third kappa shape index (κ3) is 5.15. The first-order valence-electron chi connectivity index (χ1n) is 9.99. The van der Waals surface area contributed by atoms with E-state index in [1.807, 2.05) is 19.1 Å². The van der Waals surface area contributed by atoms with Gasteiger partial charge in [0.25, 0.3) is 5.91 Å². The van der Waals surface area contributed by atoms with Gasteiger partial charge in [-0.2, -0.15) is 0 Å². The van der Waals surface area contributed by atoms with E-state index in [1.54, 1.807) is 46.8 Å². The lowest BCUT2D eigenvalue weighted by atomic mass is 10.1. The molecule has 0 aromatic heterocycles. The van der Waals surface area contributed by atoms with Gasteiger partial charge in [-0.05, 0) is 55.7 Å². The predicted octanol–water partition coefficient (Wildman–Crippen LogP) is 3.30. The highest BCUT2D eigenvalue weighted by molar-refractivity contribution is 5.97. The standard InChI is InChI=1S/C22H26N4O4/c1-2-19(30-18-7-5-6-15(14-18)21(23)25-29)22(28)24-16-9-11-17(12-10-16)26-13-4-3-8-20(26)27/h5-7,9-12,14,19,29H,2-4,8,13H2,1H3,(H2,23,25)(H,24,28). The Morgan fingerprint density at radius 3 is 2.67 bits per heavy atom. The fourth-order valence-electron chi connectivity index (χ4n) is 3.30. The fraction of sp³-hybridized carbons (Fsp3) is 0.318. The maximum Gasteiger partial charge on any atom is 0.265 e. The number of anilines is 2. The molecular formula is C22H26N4O4. The Morgan fingerprint density at radius 2 is 2.00 bits per heavy atom. The summed E-state index contributed by atoms with van der Waals surface area (Å²) in [6.45, 7) is 2.56. The van der Waals surface area contributed by atoms with Crippen LogP contribution in [0.3, 0.4) is 0 Å². The largest absolute Gasteiger partial charge is 0.481 e. The molecule has 2 amide bonds. The third-order valence-corrected chi connectivity index (χ3v) is 4.95. The highest BCUT2D eigenvalue weighted by Gasteiger charge is 2.21. The van der Waals surface area contributed by atoms with Crippen LogP contribution in [0.25, 0.3) is 0 Å². The summed E-state index contributed by atoms with van der Waals surface area (Å²) in [5.74, 6) is 0.0999. The van der Waals surface area contributed by atoms with Crippen LogP contribution >= 0.6 is 0 Å². The molecule has 158 valence electrons. The molecule has 1 unspecified atom stereocenters. The average Bonchev–Trinajstić information content (AvgIpc) is 2.78. The second kappa shape index (κ2) is 9.89. The first-order chi connectivity index (χ1) is 14.5. The maximum absolute atomic E-state index is 12.7. The number of carbonyl (C=O) groups is 2. The zero-order chi connectivity index (χ0) is 21.5. The van der Waals surface area contributed by atoms with Gasteiger partial charge in [-0.15, -0.1) is 0 Å².